The number of allylic oxidation sites excluding steroid dienone is 1. The van der Waals surface area contributed by atoms with Gasteiger partial charge in [-0.05, 0) is 105 Å². The second-order valence-electron chi connectivity index (χ2n) is 17.2. The lowest BCUT2D eigenvalue weighted by Gasteiger charge is -2.57. The zero-order chi connectivity index (χ0) is 39.6. The van der Waals surface area contributed by atoms with Crippen molar-refractivity contribution in [3.05, 3.63) is 106 Å². The molecular weight excluding hydrogens is 756 g/mol. The Balaban J connectivity index is 0.000000589. The fourth-order valence-corrected chi connectivity index (χ4v) is 11.5. The van der Waals surface area contributed by atoms with Crippen LogP contribution in [-0.4, -0.2) is 104 Å². The lowest BCUT2D eigenvalue weighted by Crippen LogP contribution is -2.67. The predicted molar refractivity (Wildman–Crippen MR) is 229 cm³/mol. The zero-order valence-electron chi connectivity index (χ0n) is 33.8. The van der Waals surface area contributed by atoms with Gasteiger partial charge >= 0.3 is 0 Å². The van der Waals surface area contributed by atoms with E-state index in [-0.39, 0.29) is 23.2 Å². The van der Waals surface area contributed by atoms with Crippen molar-refractivity contribution in [2.45, 2.75) is 69.6 Å². The molecule has 1 N–H and O–H groups in total. The van der Waals surface area contributed by atoms with Gasteiger partial charge in [0, 0.05) is 80.1 Å². The number of hydrogen-bond donors (Lipinski definition) is 1. The van der Waals surface area contributed by atoms with Crippen LogP contribution in [0.15, 0.2) is 78.9 Å². The Morgan fingerprint density at radius 1 is 1.02 bits per heavy atom. The topological polar surface area (TPSA) is 83.6 Å². The Hall–Kier alpha value is -3.25. The number of hydrogen-bond acceptors (Lipinski definition) is 8. The molecule has 3 aromatic carbocycles. The molecule has 6 aliphatic rings. The van der Waals surface area contributed by atoms with Crippen molar-refractivity contribution in [2.75, 3.05) is 76.9 Å². The summed E-state index contributed by atoms with van der Waals surface area (Å²) >= 11 is 6.51. The number of nitrogens with one attached hydrogen (secondary N) is 1. The van der Waals surface area contributed by atoms with Crippen molar-refractivity contribution in [1.29, 1.82) is 0 Å². The predicted octanol–water partition coefficient (Wildman–Crippen LogP) is 7.18. The number of aryl methyl sites for hydroxylation is 2. The quantitative estimate of drug-likeness (QED) is 0.273. The summed E-state index contributed by atoms with van der Waals surface area (Å²) in [5.41, 5.74) is 4.60. The van der Waals surface area contributed by atoms with Crippen molar-refractivity contribution >= 4 is 34.2 Å². The van der Waals surface area contributed by atoms with Gasteiger partial charge in [0.05, 0.1) is 25.5 Å². The molecule has 0 radical (unpaired) electrons. The highest BCUT2D eigenvalue weighted by molar-refractivity contribution is 7.83. The first-order valence-corrected chi connectivity index (χ1v) is 22.7. The molecule has 306 valence electrons. The van der Waals surface area contributed by atoms with E-state index in [0.29, 0.717) is 29.9 Å². The molecule has 4 aliphatic heterocycles. The molecule has 57 heavy (non-hydrogen) atoms. The zero-order valence-corrected chi connectivity index (χ0v) is 35.4. The van der Waals surface area contributed by atoms with Crippen LogP contribution < -0.4 is 14.4 Å². The van der Waals surface area contributed by atoms with Crippen molar-refractivity contribution in [1.82, 2.24) is 14.5 Å². The smallest absolute Gasteiger partial charge is 0.263 e. The Morgan fingerprint density at radius 3 is 2.65 bits per heavy atom. The number of methoxy groups -OCH3 is 1. The molecule has 3 aromatic rings. The average Bonchev–Trinajstić information content (AvgIpc) is 3.35. The third-order valence-corrected chi connectivity index (χ3v) is 15.0. The highest BCUT2D eigenvalue weighted by Crippen LogP contribution is 2.50. The monoisotopic (exact) mass is 814 g/mol. The van der Waals surface area contributed by atoms with Crippen LogP contribution >= 0.6 is 11.6 Å². The number of rotatable bonds is 2. The molecule has 9 nitrogen and oxygen atoms in total. The molecule has 2 aliphatic carbocycles. The second kappa shape index (κ2) is 17.5. The van der Waals surface area contributed by atoms with E-state index < -0.39 is 16.7 Å². The number of benzene rings is 3. The molecule has 1 amide bonds. The maximum atomic E-state index is 13.5. The van der Waals surface area contributed by atoms with Gasteiger partial charge in [-0.3, -0.25) is 19.3 Å². The van der Waals surface area contributed by atoms with Crippen molar-refractivity contribution in [3.8, 4) is 5.75 Å². The molecule has 4 heterocycles. The average molecular weight is 816 g/mol. The summed E-state index contributed by atoms with van der Waals surface area (Å²) in [5, 5.41) is 0.771. The third kappa shape index (κ3) is 8.59. The maximum absolute atomic E-state index is 13.5. The first-order valence-electron chi connectivity index (χ1n) is 21.0. The number of fused-ring (bicyclic) bond motifs is 5. The van der Waals surface area contributed by atoms with Gasteiger partial charge in [-0.15, -0.1) is 0 Å². The summed E-state index contributed by atoms with van der Waals surface area (Å²) in [6.45, 7) is 11.7. The minimum absolute atomic E-state index is 0.121. The highest BCUT2D eigenvalue weighted by atomic mass is 35.5. The van der Waals surface area contributed by atoms with E-state index in [9.17, 15) is 9.00 Å². The minimum atomic E-state index is -1.51. The van der Waals surface area contributed by atoms with Gasteiger partial charge in [-0.2, -0.15) is 0 Å². The van der Waals surface area contributed by atoms with E-state index in [1.807, 2.05) is 49.6 Å². The molecule has 2 bridgehead atoms. The number of halogens is 1. The van der Waals surface area contributed by atoms with Crippen LogP contribution in [0.25, 0.3) is 0 Å². The van der Waals surface area contributed by atoms with Crippen molar-refractivity contribution in [3.63, 3.8) is 0 Å². The van der Waals surface area contributed by atoms with Crippen LogP contribution in [0.2, 0.25) is 5.02 Å². The number of ether oxygens (including phenoxy) is 3. The Bertz CT molecular complexity index is 1950. The first kappa shape index (κ1) is 40.5. The van der Waals surface area contributed by atoms with Crippen molar-refractivity contribution in [2.24, 2.45) is 17.8 Å². The number of carbonyl (C=O) groups excluding carboxylic acids is 1. The molecule has 5 unspecified atom stereocenters. The molecule has 2 saturated heterocycles. The van der Waals surface area contributed by atoms with E-state index in [2.05, 4.69) is 69.7 Å². The van der Waals surface area contributed by atoms with E-state index in [1.54, 1.807) is 0 Å². The fourth-order valence-electron chi connectivity index (χ4n) is 10.3. The molecule has 7 atom stereocenters. The SMILES string of the molecule is CO[C@]1(N2CCN3CCOCC3C2)/C=C/CC(C)CS(=O)NC(=O)c2ccc3c(c2)N(CC2CCC21)C[C@@]1(CCCc2cc(Cl)ccc21)CO3.Cc1ccccc1. The molecule has 9 rings (SSSR count). The first-order chi connectivity index (χ1) is 27.7. The third-order valence-electron chi connectivity index (χ3n) is 13.4. The Morgan fingerprint density at radius 2 is 1.88 bits per heavy atom. The summed E-state index contributed by atoms with van der Waals surface area (Å²) in [4.78, 5) is 21.2. The van der Waals surface area contributed by atoms with Crippen LogP contribution in [-0.2, 0) is 32.3 Å². The van der Waals surface area contributed by atoms with Gasteiger partial charge in [0.1, 0.15) is 22.5 Å². The lowest BCUT2D eigenvalue weighted by molar-refractivity contribution is -0.195. The van der Waals surface area contributed by atoms with Gasteiger partial charge in [-0.25, -0.2) is 4.21 Å². The van der Waals surface area contributed by atoms with Crippen LogP contribution in [0.4, 0.5) is 5.69 Å². The Kier molecular flexibility index (Phi) is 12.5. The van der Waals surface area contributed by atoms with Crippen LogP contribution in [0, 0.1) is 24.7 Å². The number of nitrogens with zero attached hydrogens (tertiary/aromatic N) is 3. The minimum Gasteiger partial charge on any atom is -0.490 e. The molecule has 1 saturated carbocycles. The van der Waals surface area contributed by atoms with Crippen LogP contribution in [0.1, 0.15) is 66.1 Å². The summed E-state index contributed by atoms with van der Waals surface area (Å²) < 4.78 is 35.4. The van der Waals surface area contributed by atoms with E-state index in [4.69, 9.17) is 25.8 Å². The second-order valence-corrected chi connectivity index (χ2v) is 18.9. The van der Waals surface area contributed by atoms with Gasteiger partial charge in [0.25, 0.3) is 5.91 Å². The van der Waals surface area contributed by atoms with E-state index in [1.165, 1.54) is 16.7 Å². The van der Waals surface area contributed by atoms with E-state index >= 15 is 0 Å². The number of carbonyl (C=O) groups is 1. The summed E-state index contributed by atoms with van der Waals surface area (Å²) in [5.74, 6) is 1.63. The fraction of sp³-hybridized carbons (Fsp3) is 0.543. The number of piperazine rings is 1. The van der Waals surface area contributed by atoms with Gasteiger partial charge < -0.3 is 19.1 Å². The lowest BCUT2D eigenvalue weighted by atomic mass is 9.66. The number of amides is 1. The summed E-state index contributed by atoms with van der Waals surface area (Å²) in [6, 6.07) is 22.7. The normalized spacial score (nSPS) is 32.5. The van der Waals surface area contributed by atoms with Gasteiger partial charge in [0.15, 0.2) is 0 Å². The summed E-state index contributed by atoms with van der Waals surface area (Å²) in [7, 11) is 0.380. The molecule has 0 aromatic heterocycles. The summed E-state index contributed by atoms with van der Waals surface area (Å²) in [6.07, 6.45) is 10.6. The largest absolute Gasteiger partial charge is 0.490 e. The standard InChI is InChI=1S/C39H51ClN4O5S.C7H8/c1-27-5-3-14-39(47-2,44-16-15-42-17-18-48-23-32(42)22-44)34-10-7-30(34)21-43-25-38(13-4-6-28-19-31(40)9-11-33(28)38)26-49-36-12-8-29(20-35(36)43)37(45)41-50(46)24-27;1-7-5-3-2-4-6-7/h3,8-9,11-12,14,19-20,27,30,32,34H,4-7,10,13,15-18,21-26H2,1-2H3,(H,41,45);2-6H,1H3/b14-3+;/t27?,30?,32?,34?,38-,39+,50?;/m0./s1. The molecular formula is C46H59ClN4O5S. The van der Waals surface area contributed by atoms with E-state index in [0.717, 1.165) is 107 Å². The number of anilines is 1. The highest BCUT2D eigenvalue weighted by Gasteiger charge is 2.53. The molecule has 11 heteroatoms. The van der Waals surface area contributed by atoms with Gasteiger partial charge in [-0.1, -0.05) is 66.6 Å². The van der Waals surface area contributed by atoms with Crippen LogP contribution in [0.3, 0.4) is 0 Å². The molecule has 3 fully saturated rings. The number of morpholine rings is 1. The maximum Gasteiger partial charge on any atom is 0.263 e. The Labute approximate surface area is 346 Å². The van der Waals surface area contributed by atoms with Crippen molar-refractivity contribution < 1.29 is 23.2 Å². The van der Waals surface area contributed by atoms with Crippen LogP contribution in [0.5, 0.6) is 5.75 Å². The molecule has 1 spiro atoms. The van der Waals surface area contributed by atoms with Gasteiger partial charge in [0.2, 0.25) is 0 Å².